The van der Waals surface area contributed by atoms with Crippen LogP contribution in [0.4, 0.5) is 0 Å². The van der Waals surface area contributed by atoms with E-state index in [0.717, 1.165) is 5.52 Å². The van der Waals surface area contributed by atoms with Gasteiger partial charge in [0.15, 0.2) is 6.61 Å². The summed E-state index contributed by atoms with van der Waals surface area (Å²) in [5, 5.41) is 10.5. The molecule has 0 aliphatic carbocycles. The second-order valence-corrected chi connectivity index (χ2v) is 6.14. The highest BCUT2D eigenvalue weighted by Crippen LogP contribution is 2.14. The average Bonchev–Trinajstić information content (AvgIpc) is 3.11. The zero-order valence-corrected chi connectivity index (χ0v) is 15.9. The minimum Gasteiger partial charge on any atom is -0.467 e. The van der Waals surface area contributed by atoms with Crippen molar-refractivity contribution in [3.05, 3.63) is 23.8 Å². The van der Waals surface area contributed by atoms with Crippen LogP contribution in [0.25, 0.3) is 11.0 Å². The summed E-state index contributed by atoms with van der Waals surface area (Å²) >= 11 is 0. The number of methoxy groups -OCH3 is 1. The quantitative estimate of drug-likeness (QED) is 0.691. The number of nitrogens with one attached hydrogen (secondary N) is 1. The summed E-state index contributed by atoms with van der Waals surface area (Å²) in [5.41, 5.74) is 1.64. The van der Waals surface area contributed by atoms with Gasteiger partial charge in [-0.1, -0.05) is 25.5 Å². The third-order valence-electron chi connectivity index (χ3n) is 4.37. The fourth-order valence-corrected chi connectivity index (χ4v) is 2.56. The van der Waals surface area contributed by atoms with Gasteiger partial charge in [-0.2, -0.15) is 0 Å². The van der Waals surface area contributed by atoms with Crippen molar-refractivity contribution in [1.29, 1.82) is 0 Å². The van der Waals surface area contributed by atoms with E-state index in [4.69, 9.17) is 9.47 Å². The van der Waals surface area contributed by atoms with Gasteiger partial charge in [0.2, 0.25) is 0 Å². The molecule has 0 saturated carbocycles. The number of amides is 1. The van der Waals surface area contributed by atoms with Crippen LogP contribution in [0.2, 0.25) is 0 Å². The lowest BCUT2D eigenvalue weighted by Gasteiger charge is -2.21. The number of carbonyl (C=O) groups excluding carboxylic acids is 3. The highest BCUT2D eigenvalue weighted by Gasteiger charge is 2.27. The predicted octanol–water partition coefficient (Wildman–Crippen LogP) is 1.31. The van der Waals surface area contributed by atoms with Gasteiger partial charge in [-0.3, -0.25) is 4.79 Å². The maximum absolute atomic E-state index is 12.2. The van der Waals surface area contributed by atoms with Crippen LogP contribution in [0.15, 0.2) is 18.2 Å². The fraction of sp³-hybridized carbons (Fsp3) is 0.500. The summed E-state index contributed by atoms with van der Waals surface area (Å²) in [7, 11) is 1.26. The zero-order valence-electron chi connectivity index (χ0n) is 15.9. The molecule has 1 heterocycles. The molecule has 0 aliphatic rings. The lowest BCUT2D eigenvalue weighted by atomic mass is 9.99. The minimum atomic E-state index is -0.786. The largest absolute Gasteiger partial charge is 0.467 e. The van der Waals surface area contributed by atoms with E-state index in [9.17, 15) is 14.4 Å². The Hall–Kier alpha value is -2.97. The van der Waals surface area contributed by atoms with Crippen LogP contribution in [0.5, 0.6) is 0 Å². The number of ether oxygens (including phenoxy) is 2. The fourth-order valence-electron chi connectivity index (χ4n) is 2.56. The Balaban J connectivity index is 1.97. The molecule has 0 radical (unpaired) electrons. The normalized spacial score (nSPS) is 13.0. The Morgan fingerprint density at radius 3 is 2.63 bits per heavy atom. The topological polar surface area (TPSA) is 112 Å². The molecule has 2 aromatic rings. The maximum atomic E-state index is 12.2. The molecule has 1 N–H and O–H groups in total. The van der Waals surface area contributed by atoms with Gasteiger partial charge in [-0.15, -0.1) is 5.10 Å². The Kier molecular flexibility index (Phi) is 6.86. The molecule has 0 aliphatic heterocycles. The molecular weight excluding hydrogens is 352 g/mol. The monoisotopic (exact) mass is 376 g/mol. The van der Waals surface area contributed by atoms with Gasteiger partial charge < -0.3 is 14.8 Å². The summed E-state index contributed by atoms with van der Waals surface area (Å²) < 4.78 is 11.5. The average molecular weight is 376 g/mol. The van der Waals surface area contributed by atoms with Crippen LogP contribution >= 0.6 is 0 Å². The van der Waals surface area contributed by atoms with E-state index in [1.165, 1.54) is 7.11 Å². The van der Waals surface area contributed by atoms with Crippen LogP contribution in [-0.2, 0) is 25.6 Å². The van der Waals surface area contributed by atoms with Crippen molar-refractivity contribution >= 4 is 28.9 Å². The molecule has 2 rings (SSSR count). The number of hydrogen-bond donors (Lipinski definition) is 1. The molecule has 0 bridgehead atoms. The summed E-state index contributed by atoms with van der Waals surface area (Å²) in [6.45, 7) is 5.83. The van der Waals surface area contributed by atoms with Crippen LogP contribution in [0, 0.1) is 5.92 Å². The maximum Gasteiger partial charge on any atom is 0.338 e. The van der Waals surface area contributed by atoms with Gasteiger partial charge in [-0.25, -0.2) is 14.3 Å². The number of carbonyl (C=O) groups is 3. The van der Waals surface area contributed by atoms with Gasteiger partial charge in [0.25, 0.3) is 5.91 Å². The van der Waals surface area contributed by atoms with Crippen LogP contribution in [0.3, 0.4) is 0 Å². The molecule has 2 atom stereocenters. The van der Waals surface area contributed by atoms with Crippen molar-refractivity contribution in [2.24, 2.45) is 5.92 Å². The zero-order chi connectivity index (χ0) is 20.0. The number of fused-ring (bicyclic) bond motifs is 1. The summed E-state index contributed by atoms with van der Waals surface area (Å²) in [6.07, 6.45) is 0.679. The number of aromatic nitrogens is 3. The van der Waals surface area contributed by atoms with Crippen molar-refractivity contribution in [3.63, 3.8) is 0 Å². The summed E-state index contributed by atoms with van der Waals surface area (Å²) in [4.78, 5) is 36.0. The minimum absolute atomic E-state index is 0.110. The number of aryl methyl sites for hydroxylation is 1. The smallest absolute Gasteiger partial charge is 0.338 e. The van der Waals surface area contributed by atoms with E-state index in [1.807, 2.05) is 20.8 Å². The predicted molar refractivity (Wildman–Crippen MR) is 96.9 cm³/mol. The van der Waals surface area contributed by atoms with E-state index >= 15 is 0 Å². The first kappa shape index (κ1) is 20.3. The molecule has 9 nitrogen and oxygen atoms in total. The van der Waals surface area contributed by atoms with Crippen LogP contribution in [-0.4, -0.2) is 52.6 Å². The first-order valence-electron chi connectivity index (χ1n) is 8.78. The molecule has 9 heteroatoms. The number of esters is 2. The lowest BCUT2D eigenvalue weighted by Crippen LogP contribution is -2.47. The van der Waals surface area contributed by atoms with Crippen LogP contribution < -0.4 is 5.32 Å². The second kappa shape index (κ2) is 9.11. The number of hydrogen-bond acceptors (Lipinski definition) is 7. The molecular formula is C18H24N4O5. The van der Waals surface area contributed by atoms with Crippen molar-refractivity contribution < 1.29 is 23.9 Å². The standard InChI is InChI=1S/C18H24N4O5/c1-5-11(3)16(18(25)26-4)19-15(23)10-27-17(24)12-7-8-14-13(9-12)20-21-22(14)6-2/h7-9,11,16H,5-6,10H2,1-4H3,(H,19,23). The van der Waals surface area contributed by atoms with Crippen molar-refractivity contribution in [2.75, 3.05) is 13.7 Å². The van der Waals surface area contributed by atoms with Crippen molar-refractivity contribution in [3.8, 4) is 0 Å². The Morgan fingerprint density at radius 2 is 2.00 bits per heavy atom. The van der Waals surface area contributed by atoms with E-state index in [2.05, 4.69) is 15.6 Å². The molecule has 1 amide bonds. The highest BCUT2D eigenvalue weighted by molar-refractivity contribution is 5.95. The molecule has 146 valence electrons. The Labute approximate surface area is 157 Å². The highest BCUT2D eigenvalue weighted by atomic mass is 16.5. The molecule has 1 aromatic carbocycles. The summed E-state index contributed by atoms with van der Waals surface area (Å²) in [6, 6.07) is 4.09. The van der Waals surface area contributed by atoms with Crippen LogP contribution in [0.1, 0.15) is 37.6 Å². The third-order valence-corrected chi connectivity index (χ3v) is 4.37. The lowest BCUT2D eigenvalue weighted by molar-refractivity contribution is -0.147. The first-order valence-corrected chi connectivity index (χ1v) is 8.78. The van der Waals surface area contributed by atoms with E-state index < -0.39 is 30.5 Å². The van der Waals surface area contributed by atoms with Gasteiger partial charge in [0.05, 0.1) is 18.2 Å². The molecule has 0 spiro atoms. The van der Waals surface area contributed by atoms with Gasteiger partial charge in [-0.05, 0) is 31.0 Å². The summed E-state index contributed by atoms with van der Waals surface area (Å²) in [5.74, 6) is -1.87. The first-order chi connectivity index (χ1) is 12.9. The molecule has 0 fully saturated rings. The number of nitrogens with zero attached hydrogens (tertiary/aromatic N) is 3. The number of rotatable bonds is 8. The van der Waals surface area contributed by atoms with E-state index in [0.29, 0.717) is 18.5 Å². The van der Waals surface area contributed by atoms with E-state index in [1.54, 1.807) is 22.9 Å². The Bertz CT molecular complexity index is 832. The molecule has 0 saturated heterocycles. The Morgan fingerprint density at radius 1 is 1.26 bits per heavy atom. The van der Waals surface area contributed by atoms with Crippen molar-refractivity contribution in [2.45, 2.75) is 39.8 Å². The molecule has 2 unspecified atom stereocenters. The van der Waals surface area contributed by atoms with Gasteiger partial charge in [0, 0.05) is 6.54 Å². The van der Waals surface area contributed by atoms with E-state index in [-0.39, 0.29) is 11.5 Å². The van der Waals surface area contributed by atoms with Gasteiger partial charge in [0.1, 0.15) is 11.6 Å². The second-order valence-electron chi connectivity index (χ2n) is 6.14. The molecule has 27 heavy (non-hydrogen) atoms. The molecule has 1 aromatic heterocycles. The van der Waals surface area contributed by atoms with Crippen molar-refractivity contribution in [1.82, 2.24) is 20.3 Å². The SMILES string of the molecule is CCC(C)C(NC(=O)COC(=O)c1ccc2c(c1)nnn2CC)C(=O)OC. The van der Waals surface area contributed by atoms with Gasteiger partial charge >= 0.3 is 11.9 Å². The number of benzene rings is 1. The third kappa shape index (κ3) is 4.81.